The number of nitrogens with one attached hydrogen (secondary N) is 1. The van der Waals surface area contributed by atoms with Gasteiger partial charge in [-0.1, -0.05) is 12.2 Å². The average Bonchev–Trinajstić information content (AvgIpc) is 3.25. The Labute approximate surface area is 139 Å². The van der Waals surface area contributed by atoms with Crippen LogP contribution in [0.1, 0.15) is 32.7 Å². The van der Waals surface area contributed by atoms with Crippen LogP contribution in [0.25, 0.3) is 0 Å². The van der Waals surface area contributed by atoms with Gasteiger partial charge in [-0.3, -0.25) is 0 Å². The molecule has 23 heavy (non-hydrogen) atoms. The largest absolute Gasteiger partial charge is 0.384 e. The second-order valence-electron chi connectivity index (χ2n) is 8.16. The molecule has 0 radical (unpaired) electrons. The van der Waals surface area contributed by atoms with Crippen LogP contribution in [-0.4, -0.2) is 31.1 Å². The lowest BCUT2D eigenvalue weighted by Crippen LogP contribution is -2.45. The lowest BCUT2D eigenvalue weighted by molar-refractivity contribution is 0.140. The minimum atomic E-state index is -0.0944. The molecule has 2 aliphatic heterocycles. The molecule has 0 unspecified atom stereocenters. The van der Waals surface area contributed by atoms with Gasteiger partial charge in [0.1, 0.15) is 5.82 Å². The smallest absolute Gasteiger partial charge is 0.123 e. The molecule has 5 rings (SSSR count). The van der Waals surface area contributed by atoms with Gasteiger partial charge in [0.25, 0.3) is 0 Å². The predicted molar refractivity (Wildman–Crippen MR) is 93.2 cm³/mol. The zero-order valence-corrected chi connectivity index (χ0v) is 13.6. The SMILES string of the molecule is Fc1ccc2c(c1)C1(CCN(C[C@@H]3C[C@H]4C=C[C@H]3C4)CC1)CN2.[HH]. The molecule has 2 heterocycles. The fourth-order valence-electron chi connectivity index (χ4n) is 5.51. The Morgan fingerprint density at radius 1 is 1.22 bits per heavy atom. The van der Waals surface area contributed by atoms with Crippen molar-refractivity contribution in [3.63, 3.8) is 0 Å². The number of likely N-dealkylation sites (tertiary alicyclic amines) is 1. The molecule has 2 fully saturated rings. The molecular weight excluding hydrogens is 287 g/mol. The maximum Gasteiger partial charge on any atom is 0.123 e. The van der Waals surface area contributed by atoms with Crippen LogP contribution >= 0.6 is 0 Å². The highest BCUT2D eigenvalue weighted by Gasteiger charge is 2.43. The Kier molecular flexibility index (Phi) is 3.09. The summed E-state index contributed by atoms with van der Waals surface area (Å²) in [5.41, 5.74) is 2.54. The molecule has 0 aromatic heterocycles. The molecule has 1 spiro atoms. The molecule has 1 N–H and O–H groups in total. The number of hydrogen-bond acceptors (Lipinski definition) is 2. The Bertz CT molecular complexity index is 651. The standard InChI is InChI=1S/C20H25FN2.H2/c21-17-3-4-19-18(11-17)20(13-22-19)5-7-23(8-6-20)12-16-10-14-1-2-15(16)9-14;/h1-4,11,14-16,22H,5-10,12-13H2;1H/t14-,15-,16-;/m0./s1. The summed E-state index contributed by atoms with van der Waals surface area (Å²) < 4.78 is 13.7. The summed E-state index contributed by atoms with van der Waals surface area (Å²) in [5, 5.41) is 3.50. The Morgan fingerprint density at radius 2 is 2.09 bits per heavy atom. The highest BCUT2D eigenvalue weighted by atomic mass is 19.1. The summed E-state index contributed by atoms with van der Waals surface area (Å²) in [6.07, 6.45) is 10.0. The number of nitrogens with zero attached hydrogens (tertiary/aromatic N) is 1. The van der Waals surface area contributed by atoms with Crippen molar-refractivity contribution < 1.29 is 5.82 Å². The van der Waals surface area contributed by atoms with E-state index in [1.54, 1.807) is 12.1 Å². The van der Waals surface area contributed by atoms with Gasteiger partial charge in [0.2, 0.25) is 0 Å². The number of allylic oxidation sites excluding steroid dienone is 2. The number of fused-ring (bicyclic) bond motifs is 4. The molecule has 3 heteroatoms. The van der Waals surface area contributed by atoms with E-state index in [2.05, 4.69) is 22.4 Å². The van der Waals surface area contributed by atoms with Gasteiger partial charge in [-0.15, -0.1) is 0 Å². The summed E-state index contributed by atoms with van der Waals surface area (Å²) >= 11 is 0. The third kappa shape index (κ3) is 2.24. The summed E-state index contributed by atoms with van der Waals surface area (Å²) in [7, 11) is 0. The molecule has 3 atom stereocenters. The number of anilines is 1. The van der Waals surface area contributed by atoms with Crippen LogP contribution in [0.5, 0.6) is 0 Å². The fourth-order valence-corrected chi connectivity index (χ4v) is 5.51. The van der Waals surface area contributed by atoms with Crippen LogP contribution < -0.4 is 5.32 Å². The van der Waals surface area contributed by atoms with Gasteiger partial charge in [0.15, 0.2) is 0 Å². The van der Waals surface area contributed by atoms with Gasteiger partial charge in [0.05, 0.1) is 0 Å². The molecule has 1 aromatic rings. The summed E-state index contributed by atoms with van der Waals surface area (Å²) in [4.78, 5) is 2.67. The minimum Gasteiger partial charge on any atom is -0.384 e. The number of hydrogen-bond donors (Lipinski definition) is 1. The van der Waals surface area contributed by atoms with E-state index in [9.17, 15) is 4.39 Å². The van der Waals surface area contributed by atoms with Crippen molar-refractivity contribution in [2.75, 3.05) is 31.5 Å². The lowest BCUT2D eigenvalue weighted by atomic mass is 9.74. The summed E-state index contributed by atoms with van der Waals surface area (Å²) in [6, 6.07) is 5.25. The first-order valence-electron chi connectivity index (χ1n) is 9.16. The van der Waals surface area contributed by atoms with Gasteiger partial charge in [-0.05, 0) is 80.3 Å². The highest BCUT2D eigenvalue weighted by Crippen LogP contribution is 2.46. The quantitative estimate of drug-likeness (QED) is 0.829. The number of benzene rings is 1. The molecule has 0 amide bonds. The summed E-state index contributed by atoms with van der Waals surface area (Å²) in [5.74, 6) is 2.50. The highest BCUT2D eigenvalue weighted by molar-refractivity contribution is 5.60. The molecular formula is C20H27FN2. The van der Waals surface area contributed by atoms with E-state index in [4.69, 9.17) is 0 Å². The zero-order valence-electron chi connectivity index (χ0n) is 13.6. The van der Waals surface area contributed by atoms with E-state index < -0.39 is 0 Å². The van der Waals surface area contributed by atoms with Gasteiger partial charge in [0, 0.05) is 25.6 Å². The third-order valence-corrected chi connectivity index (χ3v) is 6.89. The number of piperidine rings is 1. The zero-order chi connectivity index (χ0) is 15.4. The molecule has 2 nitrogen and oxygen atoms in total. The van der Waals surface area contributed by atoms with Crippen molar-refractivity contribution in [2.24, 2.45) is 17.8 Å². The van der Waals surface area contributed by atoms with Gasteiger partial charge in [-0.2, -0.15) is 0 Å². The van der Waals surface area contributed by atoms with Crippen molar-refractivity contribution in [3.8, 4) is 0 Å². The van der Waals surface area contributed by atoms with E-state index in [-0.39, 0.29) is 12.7 Å². The maximum absolute atomic E-state index is 13.7. The first-order valence-corrected chi connectivity index (χ1v) is 9.16. The monoisotopic (exact) mass is 314 g/mol. The van der Waals surface area contributed by atoms with Crippen LogP contribution in [0.15, 0.2) is 30.4 Å². The molecule has 1 aromatic carbocycles. The van der Waals surface area contributed by atoms with E-state index in [0.717, 1.165) is 55.9 Å². The third-order valence-electron chi connectivity index (χ3n) is 6.89. The van der Waals surface area contributed by atoms with Gasteiger partial charge < -0.3 is 10.2 Å². The number of rotatable bonds is 2. The number of halogens is 1. The van der Waals surface area contributed by atoms with Crippen LogP contribution in [-0.2, 0) is 5.41 Å². The molecule has 1 saturated heterocycles. The van der Waals surface area contributed by atoms with Crippen molar-refractivity contribution in [3.05, 3.63) is 41.7 Å². The van der Waals surface area contributed by atoms with Crippen molar-refractivity contribution in [2.45, 2.75) is 31.1 Å². The molecule has 4 aliphatic rings. The van der Waals surface area contributed by atoms with E-state index in [0.29, 0.717) is 0 Å². The topological polar surface area (TPSA) is 15.3 Å². The van der Waals surface area contributed by atoms with Crippen LogP contribution in [0.2, 0.25) is 0 Å². The van der Waals surface area contributed by atoms with E-state index in [1.807, 2.05) is 6.07 Å². The van der Waals surface area contributed by atoms with Crippen LogP contribution in [0.4, 0.5) is 10.1 Å². The molecule has 2 aliphatic carbocycles. The van der Waals surface area contributed by atoms with Crippen LogP contribution in [0, 0.1) is 23.6 Å². The Morgan fingerprint density at radius 3 is 2.83 bits per heavy atom. The first-order chi connectivity index (χ1) is 11.2. The van der Waals surface area contributed by atoms with E-state index in [1.165, 1.54) is 24.9 Å². The first kappa shape index (κ1) is 14.0. The minimum absolute atomic E-state index is 0. The molecule has 1 saturated carbocycles. The molecule has 2 bridgehead atoms. The van der Waals surface area contributed by atoms with Crippen molar-refractivity contribution in [1.29, 1.82) is 0 Å². The Hall–Kier alpha value is -1.35. The second-order valence-corrected chi connectivity index (χ2v) is 8.16. The summed E-state index contributed by atoms with van der Waals surface area (Å²) in [6.45, 7) is 4.58. The van der Waals surface area contributed by atoms with Gasteiger partial charge in [-0.25, -0.2) is 4.39 Å². The average molecular weight is 314 g/mol. The Balaban J connectivity index is 0.00000146. The maximum atomic E-state index is 13.7. The van der Waals surface area contributed by atoms with Crippen molar-refractivity contribution in [1.82, 2.24) is 4.90 Å². The molecule has 124 valence electrons. The fraction of sp³-hybridized carbons (Fsp3) is 0.600. The van der Waals surface area contributed by atoms with Crippen LogP contribution in [0.3, 0.4) is 0 Å². The van der Waals surface area contributed by atoms with E-state index >= 15 is 0 Å². The lowest BCUT2D eigenvalue weighted by Gasteiger charge is -2.40. The van der Waals surface area contributed by atoms with Crippen molar-refractivity contribution >= 4 is 5.69 Å². The normalized spacial score (nSPS) is 34.0. The predicted octanol–water partition coefficient (Wildman–Crippen LogP) is 4.04. The second kappa shape index (κ2) is 5.07. The van der Waals surface area contributed by atoms with Gasteiger partial charge >= 0.3 is 0 Å².